The van der Waals surface area contributed by atoms with Crippen LogP contribution in [0, 0.1) is 17.0 Å². The predicted molar refractivity (Wildman–Crippen MR) is 75.8 cm³/mol. The Morgan fingerprint density at radius 2 is 2.19 bits per heavy atom. The molecule has 1 atom stereocenters. The minimum absolute atomic E-state index is 0.0839. The van der Waals surface area contributed by atoms with Gasteiger partial charge in [-0.1, -0.05) is 0 Å². The van der Waals surface area contributed by atoms with E-state index < -0.39 is 11.0 Å². The average molecular weight is 298 g/mol. The van der Waals surface area contributed by atoms with Crippen LogP contribution in [-0.4, -0.2) is 47.1 Å². The van der Waals surface area contributed by atoms with E-state index in [4.69, 9.17) is 10.5 Å². The van der Waals surface area contributed by atoms with E-state index in [0.717, 1.165) is 0 Å². The van der Waals surface area contributed by atoms with Crippen molar-refractivity contribution in [3.63, 3.8) is 0 Å². The van der Waals surface area contributed by atoms with Gasteiger partial charge in [0.05, 0.1) is 11.5 Å². The lowest BCUT2D eigenvalue weighted by molar-refractivity contribution is -0.385. The molecule has 1 unspecified atom stereocenters. The van der Waals surface area contributed by atoms with Crippen LogP contribution in [0.5, 0.6) is 0 Å². The van der Waals surface area contributed by atoms with Crippen LogP contribution < -0.4 is 16.4 Å². The fourth-order valence-corrected chi connectivity index (χ4v) is 1.61. The number of anilines is 2. The smallest absolute Gasteiger partial charge is 0.332 e. The summed E-state index contributed by atoms with van der Waals surface area (Å²) < 4.78 is 4.81. The van der Waals surface area contributed by atoms with Crippen LogP contribution in [0.1, 0.15) is 12.6 Å². The maximum absolute atomic E-state index is 11.8. The number of nitro groups is 1. The van der Waals surface area contributed by atoms with Gasteiger partial charge < -0.3 is 21.1 Å². The van der Waals surface area contributed by atoms with Gasteiger partial charge >= 0.3 is 5.69 Å². The first-order chi connectivity index (χ1) is 9.86. The van der Waals surface area contributed by atoms with Crippen molar-refractivity contribution >= 4 is 23.4 Å². The maximum atomic E-state index is 11.8. The van der Waals surface area contributed by atoms with E-state index >= 15 is 0 Å². The fourth-order valence-electron chi connectivity index (χ4n) is 1.61. The van der Waals surface area contributed by atoms with Crippen molar-refractivity contribution in [1.82, 2.24) is 15.3 Å². The highest BCUT2D eigenvalue weighted by atomic mass is 16.6. The summed E-state index contributed by atoms with van der Waals surface area (Å²) in [6.45, 7) is 3.72. The van der Waals surface area contributed by atoms with Crippen LogP contribution in [0.15, 0.2) is 0 Å². The molecule has 0 aromatic carbocycles. The van der Waals surface area contributed by atoms with Gasteiger partial charge in [0.2, 0.25) is 17.7 Å². The molecule has 10 heteroatoms. The van der Waals surface area contributed by atoms with Gasteiger partial charge in [-0.25, -0.2) is 4.98 Å². The maximum Gasteiger partial charge on any atom is 0.332 e. The highest BCUT2D eigenvalue weighted by molar-refractivity contribution is 5.84. The van der Waals surface area contributed by atoms with E-state index in [-0.39, 0.29) is 29.1 Å². The second-order valence-electron chi connectivity index (χ2n) is 4.27. The molecule has 0 aliphatic carbocycles. The molecule has 0 fully saturated rings. The number of carbonyl (C=O) groups is 1. The zero-order valence-corrected chi connectivity index (χ0v) is 12.0. The molecule has 1 amide bonds. The van der Waals surface area contributed by atoms with Crippen LogP contribution in [0.3, 0.4) is 0 Å². The monoisotopic (exact) mass is 298 g/mol. The minimum Gasteiger partial charge on any atom is -0.383 e. The zero-order valence-electron chi connectivity index (χ0n) is 12.0. The molecule has 4 N–H and O–H groups in total. The van der Waals surface area contributed by atoms with Crippen LogP contribution in [0.2, 0.25) is 0 Å². The second kappa shape index (κ2) is 7.33. The molecule has 116 valence electrons. The Bertz CT molecular complexity index is 536. The first-order valence-corrected chi connectivity index (χ1v) is 6.18. The van der Waals surface area contributed by atoms with E-state index in [1.165, 1.54) is 14.0 Å². The number of methoxy groups -OCH3 is 1. The van der Waals surface area contributed by atoms with E-state index in [1.54, 1.807) is 6.92 Å². The van der Waals surface area contributed by atoms with Crippen molar-refractivity contribution in [3.05, 3.63) is 15.8 Å². The average Bonchev–Trinajstić information content (AvgIpc) is 2.37. The topological polar surface area (TPSA) is 145 Å². The number of aromatic nitrogens is 2. The van der Waals surface area contributed by atoms with Crippen molar-refractivity contribution < 1.29 is 14.5 Å². The third kappa shape index (κ3) is 4.53. The molecule has 1 aromatic heterocycles. The molecular formula is C11H18N6O4. The van der Waals surface area contributed by atoms with Gasteiger partial charge in [-0.15, -0.1) is 0 Å². The third-order valence-corrected chi connectivity index (χ3v) is 2.61. The molecule has 0 radical (unpaired) electrons. The van der Waals surface area contributed by atoms with Crippen molar-refractivity contribution in [2.75, 3.05) is 31.3 Å². The summed E-state index contributed by atoms with van der Waals surface area (Å²) in [6.07, 6.45) is 0. The number of hydrogen-bond acceptors (Lipinski definition) is 8. The molecule has 1 aromatic rings. The first-order valence-electron chi connectivity index (χ1n) is 6.18. The van der Waals surface area contributed by atoms with Crippen LogP contribution in [0.4, 0.5) is 17.5 Å². The quantitative estimate of drug-likeness (QED) is 0.357. The van der Waals surface area contributed by atoms with Crippen molar-refractivity contribution in [2.45, 2.75) is 19.9 Å². The van der Waals surface area contributed by atoms with Crippen molar-refractivity contribution in [1.29, 1.82) is 0 Å². The van der Waals surface area contributed by atoms with Crippen molar-refractivity contribution in [2.24, 2.45) is 0 Å². The molecule has 0 aliphatic rings. The highest BCUT2D eigenvalue weighted by Crippen LogP contribution is 2.26. The standard InChI is InChI=1S/C11H18N6O4/c1-6-8(17(19)20)9(16-11(12)15-6)14-7(2)10(18)13-4-5-21-3/h7H,4-5H2,1-3H3,(H,13,18)(H3,12,14,15,16). The van der Waals surface area contributed by atoms with Gasteiger partial charge in [-0.05, 0) is 13.8 Å². The van der Waals surface area contributed by atoms with E-state index in [0.29, 0.717) is 13.2 Å². The molecule has 0 saturated heterocycles. The third-order valence-electron chi connectivity index (χ3n) is 2.61. The number of nitrogen functional groups attached to an aromatic ring is 1. The van der Waals surface area contributed by atoms with Crippen LogP contribution >= 0.6 is 0 Å². The van der Waals surface area contributed by atoms with Gasteiger partial charge in [-0.3, -0.25) is 14.9 Å². The molecule has 0 bridgehead atoms. The molecule has 1 heterocycles. The molecule has 10 nitrogen and oxygen atoms in total. The highest BCUT2D eigenvalue weighted by Gasteiger charge is 2.24. The summed E-state index contributed by atoms with van der Waals surface area (Å²) in [7, 11) is 1.52. The van der Waals surface area contributed by atoms with Crippen LogP contribution in [0.25, 0.3) is 0 Å². The Morgan fingerprint density at radius 1 is 1.52 bits per heavy atom. The summed E-state index contributed by atoms with van der Waals surface area (Å²) in [5, 5.41) is 16.3. The fraction of sp³-hybridized carbons (Fsp3) is 0.545. The lowest BCUT2D eigenvalue weighted by atomic mass is 10.3. The van der Waals surface area contributed by atoms with Crippen molar-refractivity contribution in [3.8, 4) is 0 Å². The van der Waals surface area contributed by atoms with Gasteiger partial charge in [0, 0.05) is 13.7 Å². The van der Waals surface area contributed by atoms with Gasteiger partial charge in [-0.2, -0.15) is 4.98 Å². The van der Waals surface area contributed by atoms with E-state index in [1.807, 2.05) is 0 Å². The number of amides is 1. The Labute approximate surface area is 121 Å². The Morgan fingerprint density at radius 3 is 2.76 bits per heavy atom. The number of hydrogen-bond donors (Lipinski definition) is 3. The Kier molecular flexibility index (Phi) is 5.79. The summed E-state index contributed by atoms with van der Waals surface area (Å²) in [6, 6.07) is -0.728. The number of nitrogens with zero attached hydrogens (tertiary/aromatic N) is 3. The number of ether oxygens (including phenoxy) is 1. The minimum atomic E-state index is -0.728. The van der Waals surface area contributed by atoms with Gasteiger partial charge in [0.15, 0.2) is 0 Å². The number of aryl methyl sites for hydroxylation is 1. The molecule has 1 rings (SSSR count). The number of carbonyl (C=O) groups excluding carboxylic acids is 1. The molecule has 0 aliphatic heterocycles. The van der Waals surface area contributed by atoms with E-state index in [9.17, 15) is 14.9 Å². The largest absolute Gasteiger partial charge is 0.383 e. The summed E-state index contributed by atoms with van der Waals surface area (Å²) in [5.41, 5.74) is 5.30. The van der Waals surface area contributed by atoms with Gasteiger partial charge in [0.1, 0.15) is 11.7 Å². The lowest BCUT2D eigenvalue weighted by Crippen LogP contribution is -2.39. The Balaban J connectivity index is 2.86. The zero-order chi connectivity index (χ0) is 16.0. The number of nitrogens with one attached hydrogen (secondary N) is 2. The molecular weight excluding hydrogens is 280 g/mol. The first kappa shape index (κ1) is 16.6. The SMILES string of the molecule is COCCNC(=O)C(C)Nc1nc(N)nc(C)c1[N+](=O)[O-]. The number of rotatable bonds is 7. The van der Waals surface area contributed by atoms with Crippen LogP contribution in [-0.2, 0) is 9.53 Å². The Hall–Kier alpha value is -2.49. The number of nitrogens with two attached hydrogens (primary N) is 1. The molecule has 0 spiro atoms. The summed E-state index contributed by atoms with van der Waals surface area (Å²) in [5.74, 6) is -0.525. The normalized spacial score (nSPS) is 11.8. The second-order valence-corrected chi connectivity index (χ2v) is 4.27. The molecule has 21 heavy (non-hydrogen) atoms. The van der Waals surface area contributed by atoms with Gasteiger partial charge in [0.25, 0.3) is 0 Å². The predicted octanol–water partition coefficient (Wildman–Crippen LogP) is -0.162. The van der Waals surface area contributed by atoms with E-state index in [2.05, 4.69) is 20.6 Å². The molecule has 0 saturated carbocycles. The lowest BCUT2D eigenvalue weighted by Gasteiger charge is -2.15. The summed E-state index contributed by atoms with van der Waals surface area (Å²) >= 11 is 0. The summed E-state index contributed by atoms with van der Waals surface area (Å²) in [4.78, 5) is 29.7.